The lowest BCUT2D eigenvalue weighted by Gasteiger charge is -2.30. The molecule has 1 aromatic heterocycles. The molecule has 2 aromatic rings. The van der Waals surface area contributed by atoms with E-state index in [0.29, 0.717) is 25.9 Å². The van der Waals surface area contributed by atoms with Crippen molar-refractivity contribution in [3.05, 3.63) is 35.9 Å². The number of anilines is 2. The number of sulfone groups is 1. The number of hydrogen-bond acceptors (Lipinski definition) is 11. The van der Waals surface area contributed by atoms with Gasteiger partial charge >= 0.3 is 6.16 Å². The fourth-order valence-corrected chi connectivity index (χ4v) is 3.90. The van der Waals surface area contributed by atoms with Crippen molar-refractivity contribution in [2.45, 2.75) is 43.8 Å². The van der Waals surface area contributed by atoms with Gasteiger partial charge in [0.2, 0.25) is 5.88 Å². The van der Waals surface area contributed by atoms with Crippen LogP contribution >= 0.6 is 0 Å². The van der Waals surface area contributed by atoms with E-state index in [1.165, 1.54) is 23.5 Å². The van der Waals surface area contributed by atoms with Crippen LogP contribution in [0.5, 0.6) is 5.88 Å². The third-order valence-electron chi connectivity index (χ3n) is 4.92. The van der Waals surface area contributed by atoms with Gasteiger partial charge in [0.1, 0.15) is 35.5 Å². The summed E-state index contributed by atoms with van der Waals surface area (Å²) in [5.41, 5.74) is 5.70. The maximum Gasteiger partial charge on any atom is 0.528 e. The number of rotatable bonds is 8. The van der Waals surface area contributed by atoms with Gasteiger partial charge in [0.15, 0.2) is 9.84 Å². The lowest BCUT2D eigenvalue weighted by atomic mass is 10.1. The summed E-state index contributed by atoms with van der Waals surface area (Å²) in [5.74, 6) is -1.19. The number of carbonyl (C=O) groups is 1. The van der Waals surface area contributed by atoms with Crippen LogP contribution in [0.25, 0.3) is 0 Å². The van der Waals surface area contributed by atoms with E-state index in [2.05, 4.69) is 15.3 Å². The number of carbonyl (C=O) groups excluding carboxylic acids is 1. The fraction of sp³-hybridized carbons (Fsp3) is 0.429. The van der Waals surface area contributed by atoms with E-state index in [-0.39, 0.29) is 40.1 Å². The van der Waals surface area contributed by atoms with E-state index >= 15 is 0 Å². The van der Waals surface area contributed by atoms with Gasteiger partial charge in [0, 0.05) is 32.2 Å². The fourth-order valence-electron chi connectivity index (χ4n) is 3.27. The van der Waals surface area contributed by atoms with Gasteiger partial charge in [-0.25, -0.2) is 27.6 Å². The Kier molecular flexibility index (Phi) is 8.07. The topological polar surface area (TPSA) is 170 Å². The smallest absolute Gasteiger partial charge is 0.474 e. The minimum absolute atomic E-state index is 0.0192. The highest BCUT2D eigenvalue weighted by molar-refractivity contribution is 7.90. The molecule has 12 nitrogen and oxygen atoms in total. The van der Waals surface area contributed by atoms with E-state index in [4.69, 9.17) is 25.5 Å². The van der Waals surface area contributed by atoms with Gasteiger partial charge in [-0.05, 0) is 32.0 Å². The molecule has 0 saturated carbocycles. The molecule has 0 bridgehead atoms. The average Bonchev–Trinajstić information content (AvgIpc) is 2.75. The summed E-state index contributed by atoms with van der Waals surface area (Å²) in [6.45, 7) is 4.22. The summed E-state index contributed by atoms with van der Waals surface area (Å²) in [7, 11) is -3.58. The van der Waals surface area contributed by atoms with Crippen LogP contribution in [0.2, 0.25) is 0 Å². The number of hydrogen-bond donors (Lipinski definition) is 3. The molecule has 4 N–H and O–H groups in total. The number of benzene rings is 1. The van der Waals surface area contributed by atoms with Crippen molar-refractivity contribution in [3.63, 3.8) is 0 Å². The maximum atomic E-state index is 14.5. The highest BCUT2D eigenvalue weighted by Crippen LogP contribution is 2.29. The van der Waals surface area contributed by atoms with Gasteiger partial charge in [0.25, 0.3) is 0 Å². The minimum Gasteiger partial charge on any atom is -0.474 e. The van der Waals surface area contributed by atoms with Crippen LogP contribution in [0.1, 0.15) is 32.3 Å². The van der Waals surface area contributed by atoms with Crippen molar-refractivity contribution >= 4 is 33.3 Å². The van der Waals surface area contributed by atoms with Crippen molar-refractivity contribution in [2.24, 2.45) is 5.73 Å². The normalized spacial score (nSPS) is 15.0. The molecule has 0 amide bonds. The second-order valence-corrected chi connectivity index (χ2v) is 10.1. The average molecular weight is 511 g/mol. The third kappa shape index (κ3) is 6.99. The molecule has 0 atom stereocenters. The Morgan fingerprint density at radius 3 is 2.54 bits per heavy atom. The standard InChI is InChI=1S/C21H27FN6O6S/c1-12(2)32-21(29)34-28-8-6-13(7-9-28)33-20-17(18(23)24)19(25-11-26-20)27-16-5-4-14(10-15(16)22)35(3,30)31/h4-5,10-13H,6-9H2,1-3H3,(H3,23,24)(H,25,26,27). The van der Waals surface area contributed by atoms with E-state index in [1.54, 1.807) is 13.8 Å². The number of halogens is 1. The van der Waals surface area contributed by atoms with Gasteiger partial charge < -0.3 is 25.4 Å². The van der Waals surface area contributed by atoms with Crippen molar-refractivity contribution in [1.82, 2.24) is 15.0 Å². The molecule has 1 aliphatic rings. The number of nitrogens with two attached hydrogens (primary N) is 1. The SMILES string of the molecule is CC(C)OC(=O)ON1CCC(Oc2ncnc(Nc3ccc(S(C)(=O)=O)cc3F)c2C(=N)N)CC1. The molecule has 3 rings (SSSR count). The maximum absolute atomic E-state index is 14.5. The Morgan fingerprint density at radius 2 is 1.97 bits per heavy atom. The van der Waals surface area contributed by atoms with Crippen LogP contribution < -0.4 is 15.8 Å². The van der Waals surface area contributed by atoms with Crippen molar-refractivity contribution < 1.29 is 31.9 Å². The van der Waals surface area contributed by atoms with E-state index in [1.807, 2.05) is 0 Å². The van der Waals surface area contributed by atoms with Crippen LogP contribution in [-0.4, -0.2) is 67.0 Å². The Hall–Kier alpha value is -3.52. The quantitative estimate of drug-likeness (QED) is 0.271. The van der Waals surface area contributed by atoms with Gasteiger partial charge in [-0.3, -0.25) is 5.41 Å². The summed E-state index contributed by atoms with van der Waals surface area (Å²) in [4.78, 5) is 24.7. The molecule has 0 unspecified atom stereocenters. The number of aromatic nitrogens is 2. The number of ether oxygens (including phenoxy) is 2. The summed E-state index contributed by atoms with van der Waals surface area (Å²) < 4.78 is 48.7. The summed E-state index contributed by atoms with van der Waals surface area (Å²) >= 11 is 0. The van der Waals surface area contributed by atoms with Crippen LogP contribution in [0.3, 0.4) is 0 Å². The van der Waals surface area contributed by atoms with Gasteiger partial charge in [-0.15, -0.1) is 5.06 Å². The largest absolute Gasteiger partial charge is 0.528 e. The van der Waals surface area contributed by atoms with Crippen molar-refractivity contribution in [2.75, 3.05) is 24.7 Å². The third-order valence-corrected chi connectivity index (χ3v) is 6.03. The molecule has 0 spiro atoms. The first-order valence-corrected chi connectivity index (χ1v) is 12.6. The Bertz CT molecular complexity index is 1200. The molecule has 1 aromatic carbocycles. The van der Waals surface area contributed by atoms with E-state index in [9.17, 15) is 17.6 Å². The molecule has 0 aliphatic carbocycles. The molecule has 190 valence electrons. The second-order valence-electron chi connectivity index (χ2n) is 8.11. The molecule has 1 fully saturated rings. The number of amidine groups is 1. The number of piperidine rings is 1. The molecule has 14 heteroatoms. The first-order valence-electron chi connectivity index (χ1n) is 10.7. The van der Waals surface area contributed by atoms with Gasteiger partial charge in [0.05, 0.1) is 16.7 Å². The molecular formula is C21H27FN6O6S. The molecule has 1 saturated heterocycles. The number of hydroxylamine groups is 2. The summed E-state index contributed by atoms with van der Waals surface area (Å²) in [6.07, 6.45) is 1.74. The zero-order valence-corrected chi connectivity index (χ0v) is 20.3. The van der Waals surface area contributed by atoms with Gasteiger partial charge in [-0.1, -0.05) is 0 Å². The molecule has 1 aliphatic heterocycles. The lowest BCUT2D eigenvalue weighted by molar-refractivity contribution is -0.151. The molecular weight excluding hydrogens is 483 g/mol. The number of nitrogen functional groups attached to an aromatic ring is 1. The van der Waals surface area contributed by atoms with Crippen molar-refractivity contribution in [1.29, 1.82) is 5.41 Å². The zero-order valence-electron chi connectivity index (χ0n) is 19.4. The van der Waals surface area contributed by atoms with Crippen molar-refractivity contribution in [3.8, 4) is 5.88 Å². The van der Waals surface area contributed by atoms with E-state index < -0.39 is 27.6 Å². The zero-order chi connectivity index (χ0) is 25.8. The van der Waals surface area contributed by atoms with Crippen LogP contribution in [0.4, 0.5) is 20.7 Å². The van der Waals surface area contributed by atoms with Crippen LogP contribution in [0.15, 0.2) is 29.4 Å². The van der Waals surface area contributed by atoms with Crippen LogP contribution in [-0.2, 0) is 19.4 Å². The lowest BCUT2D eigenvalue weighted by Crippen LogP contribution is -2.40. The Labute approximate surface area is 202 Å². The highest BCUT2D eigenvalue weighted by Gasteiger charge is 2.27. The number of nitrogens with one attached hydrogen (secondary N) is 2. The first-order chi connectivity index (χ1) is 16.4. The minimum atomic E-state index is -3.58. The van der Waals surface area contributed by atoms with Crippen LogP contribution in [0, 0.1) is 11.2 Å². The van der Waals surface area contributed by atoms with Gasteiger partial charge in [-0.2, -0.15) is 0 Å². The Balaban J connectivity index is 1.72. The summed E-state index contributed by atoms with van der Waals surface area (Å²) in [6, 6.07) is 3.38. The van der Waals surface area contributed by atoms with E-state index in [0.717, 1.165) is 12.3 Å². The Morgan fingerprint density at radius 1 is 1.29 bits per heavy atom. The molecule has 2 heterocycles. The first kappa shape index (κ1) is 26.1. The second kappa shape index (κ2) is 10.8. The highest BCUT2D eigenvalue weighted by atomic mass is 32.2. The summed E-state index contributed by atoms with van der Waals surface area (Å²) in [5, 5.41) is 12.2. The monoisotopic (exact) mass is 510 g/mol. The molecule has 0 radical (unpaired) electrons. The number of nitrogens with zero attached hydrogens (tertiary/aromatic N) is 3. The molecule has 35 heavy (non-hydrogen) atoms. The predicted octanol–water partition coefficient (Wildman–Crippen LogP) is 2.37. The predicted molar refractivity (Wildman–Crippen MR) is 124 cm³/mol.